The highest BCUT2D eigenvalue weighted by molar-refractivity contribution is 6.17. The molecule has 0 saturated carbocycles. The van der Waals surface area contributed by atoms with Crippen LogP contribution in [0.5, 0.6) is 5.75 Å². The van der Waals surface area contributed by atoms with Crippen molar-refractivity contribution in [1.29, 1.82) is 0 Å². The number of nitrogens with two attached hydrogens (primary N) is 1. The molecule has 0 aliphatic carbocycles. The molecule has 5 N–H and O–H groups in total. The van der Waals surface area contributed by atoms with Gasteiger partial charge >= 0.3 is 5.97 Å². The first-order valence-electron chi connectivity index (χ1n) is 8.94. The summed E-state index contributed by atoms with van der Waals surface area (Å²) in [6, 6.07) is 17.3. The number of carboxylic acids is 1. The van der Waals surface area contributed by atoms with Crippen LogP contribution in [0.15, 0.2) is 66.7 Å². The van der Waals surface area contributed by atoms with Crippen LogP contribution in [0.3, 0.4) is 0 Å². The zero-order valence-corrected chi connectivity index (χ0v) is 15.5. The second kappa shape index (κ2) is 7.36. The maximum absolute atomic E-state index is 13.4. The first-order chi connectivity index (χ1) is 14.3. The molecule has 0 bridgehead atoms. The van der Waals surface area contributed by atoms with Crippen molar-refractivity contribution < 1.29 is 23.8 Å². The lowest BCUT2D eigenvalue weighted by Crippen LogP contribution is -2.01. The minimum Gasteiger partial charge on any atom is -0.508 e. The molecule has 0 spiro atoms. The van der Waals surface area contributed by atoms with Gasteiger partial charge in [-0.2, -0.15) is 0 Å². The van der Waals surface area contributed by atoms with E-state index in [1.807, 2.05) is 18.2 Å². The van der Waals surface area contributed by atoms with Gasteiger partial charge in [0.25, 0.3) is 0 Å². The van der Waals surface area contributed by atoms with Gasteiger partial charge in [0, 0.05) is 27.4 Å². The summed E-state index contributed by atoms with van der Waals surface area (Å²) in [6.07, 6.45) is 0. The standard InChI is InChI=1S/C16H10FNO.C7H6FNO2/c17-10-3-6-15-14(7-10)12-5-2-9-1-4-11(19)8-13(9)16(12)18-15;8-6-2-1-4(9)3-5(6)7(10)11/h1-8,18-19H;1-3H,9H2,(H,10,11). The molecule has 30 heavy (non-hydrogen) atoms. The zero-order valence-electron chi connectivity index (χ0n) is 15.5. The summed E-state index contributed by atoms with van der Waals surface area (Å²) in [6.45, 7) is 0. The predicted molar refractivity (Wildman–Crippen MR) is 113 cm³/mol. The Bertz CT molecular complexity index is 1430. The number of aromatic nitrogens is 1. The number of aromatic hydroxyl groups is 1. The van der Waals surface area contributed by atoms with Gasteiger partial charge in [-0.25, -0.2) is 13.6 Å². The van der Waals surface area contributed by atoms with Crippen LogP contribution in [0.2, 0.25) is 0 Å². The lowest BCUT2D eigenvalue weighted by Gasteiger charge is -2.00. The number of nitrogens with one attached hydrogen (secondary N) is 1. The minimum absolute atomic E-state index is 0.227. The number of phenols is 1. The SMILES string of the molecule is Nc1ccc(F)c(C(=O)O)c1.Oc1ccc2ccc3c4cc(F)ccc4[nH]c3c2c1. The highest BCUT2D eigenvalue weighted by atomic mass is 19.1. The molecule has 0 atom stereocenters. The molecule has 5 rings (SSSR count). The Morgan fingerprint density at radius 1 is 0.867 bits per heavy atom. The number of benzene rings is 4. The fourth-order valence-corrected chi connectivity index (χ4v) is 3.36. The van der Waals surface area contributed by atoms with Crippen molar-refractivity contribution in [3.63, 3.8) is 0 Å². The number of halogens is 2. The average Bonchev–Trinajstić information content (AvgIpc) is 3.08. The first-order valence-corrected chi connectivity index (χ1v) is 8.94. The van der Waals surface area contributed by atoms with Crippen molar-refractivity contribution in [2.45, 2.75) is 0 Å². The average molecular weight is 406 g/mol. The third-order valence-corrected chi connectivity index (χ3v) is 4.76. The number of anilines is 1. The van der Waals surface area contributed by atoms with Gasteiger partial charge in [-0.3, -0.25) is 0 Å². The molecule has 4 aromatic carbocycles. The molecular weight excluding hydrogens is 390 g/mol. The van der Waals surface area contributed by atoms with Gasteiger partial charge in [-0.15, -0.1) is 0 Å². The second-order valence-corrected chi connectivity index (χ2v) is 6.75. The quantitative estimate of drug-likeness (QED) is 0.279. The van der Waals surface area contributed by atoms with E-state index >= 15 is 0 Å². The summed E-state index contributed by atoms with van der Waals surface area (Å²) in [4.78, 5) is 13.6. The molecule has 0 unspecified atom stereocenters. The Morgan fingerprint density at radius 3 is 2.37 bits per heavy atom. The van der Waals surface area contributed by atoms with Crippen molar-refractivity contribution >= 4 is 44.2 Å². The maximum Gasteiger partial charge on any atom is 0.338 e. The summed E-state index contributed by atoms with van der Waals surface area (Å²) in [7, 11) is 0. The normalized spacial score (nSPS) is 10.9. The Morgan fingerprint density at radius 2 is 1.63 bits per heavy atom. The summed E-state index contributed by atoms with van der Waals surface area (Å²) < 4.78 is 26.0. The van der Waals surface area contributed by atoms with E-state index < -0.39 is 17.3 Å². The number of carboxylic acid groups (broad SMARTS) is 1. The third-order valence-electron chi connectivity index (χ3n) is 4.76. The molecule has 0 amide bonds. The molecule has 0 fully saturated rings. The van der Waals surface area contributed by atoms with Crippen LogP contribution in [-0.4, -0.2) is 21.2 Å². The van der Waals surface area contributed by atoms with Crippen LogP contribution < -0.4 is 5.73 Å². The van der Waals surface area contributed by atoms with Gasteiger partial charge in [-0.05, 0) is 53.9 Å². The molecule has 0 saturated heterocycles. The number of hydrogen-bond donors (Lipinski definition) is 4. The maximum atomic E-state index is 13.4. The third kappa shape index (κ3) is 3.48. The molecule has 1 aromatic heterocycles. The van der Waals surface area contributed by atoms with Crippen LogP contribution in [0.1, 0.15) is 10.4 Å². The second-order valence-electron chi connectivity index (χ2n) is 6.75. The van der Waals surface area contributed by atoms with Gasteiger partial charge in [0.05, 0.1) is 11.1 Å². The fourth-order valence-electron chi connectivity index (χ4n) is 3.36. The highest BCUT2D eigenvalue weighted by Crippen LogP contribution is 2.32. The van der Waals surface area contributed by atoms with Gasteiger partial charge < -0.3 is 20.9 Å². The molecule has 0 radical (unpaired) electrons. The van der Waals surface area contributed by atoms with Gasteiger partial charge in [0.2, 0.25) is 0 Å². The zero-order chi connectivity index (χ0) is 21.4. The molecule has 150 valence electrons. The molecule has 7 heteroatoms. The number of hydrogen-bond acceptors (Lipinski definition) is 3. The monoisotopic (exact) mass is 406 g/mol. The van der Waals surface area contributed by atoms with E-state index in [1.165, 1.54) is 18.2 Å². The van der Waals surface area contributed by atoms with E-state index in [4.69, 9.17) is 10.8 Å². The number of nitrogen functional groups attached to an aromatic ring is 1. The number of aromatic amines is 1. The van der Waals surface area contributed by atoms with E-state index in [-0.39, 0.29) is 17.3 Å². The van der Waals surface area contributed by atoms with E-state index in [0.29, 0.717) is 0 Å². The van der Waals surface area contributed by atoms with Crippen molar-refractivity contribution in [2.75, 3.05) is 5.73 Å². The summed E-state index contributed by atoms with van der Waals surface area (Å²) in [5.41, 5.74) is 6.90. The van der Waals surface area contributed by atoms with E-state index in [2.05, 4.69) is 4.98 Å². The summed E-state index contributed by atoms with van der Waals surface area (Å²) in [5.74, 6) is -2.10. The first kappa shape index (κ1) is 19.2. The van der Waals surface area contributed by atoms with Crippen molar-refractivity contribution in [3.8, 4) is 5.75 Å². The molecule has 0 aliphatic rings. The number of phenolic OH excluding ortho intramolecular Hbond substituents is 1. The number of fused-ring (bicyclic) bond motifs is 5. The van der Waals surface area contributed by atoms with Crippen LogP contribution in [0.25, 0.3) is 32.6 Å². The summed E-state index contributed by atoms with van der Waals surface area (Å²) in [5, 5.41) is 21.8. The van der Waals surface area contributed by atoms with Crippen molar-refractivity contribution in [1.82, 2.24) is 4.98 Å². The minimum atomic E-state index is -1.31. The highest BCUT2D eigenvalue weighted by Gasteiger charge is 2.10. The Kier molecular flexibility index (Phi) is 4.71. The predicted octanol–water partition coefficient (Wildman–Crippen LogP) is 5.43. The Labute approximate surface area is 169 Å². The van der Waals surface area contributed by atoms with Gasteiger partial charge in [0.15, 0.2) is 0 Å². The molecular formula is C23H16F2N2O3. The Hall–Kier alpha value is -4.13. The molecule has 0 aliphatic heterocycles. The van der Waals surface area contributed by atoms with E-state index in [0.717, 1.165) is 44.7 Å². The number of H-pyrrole nitrogens is 1. The number of rotatable bonds is 1. The van der Waals surface area contributed by atoms with Gasteiger partial charge in [0.1, 0.15) is 17.4 Å². The van der Waals surface area contributed by atoms with Crippen molar-refractivity contribution in [2.24, 2.45) is 0 Å². The number of aromatic carboxylic acids is 1. The van der Waals surface area contributed by atoms with E-state index in [1.54, 1.807) is 18.2 Å². The van der Waals surface area contributed by atoms with Crippen LogP contribution >= 0.6 is 0 Å². The Balaban J connectivity index is 0.000000170. The summed E-state index contributed by atoms with van der Waals surface area (Å²) >= 11 is 0. The lowest BCUT2D eigenvalue weighted by molar-refractivity contribution is 0.0692. The van der Waals surface area contributed by atoms with Crippen LogP contribution in [0.4, 0.5) is 14.5 Å². The van der Waals surface area contributed by atoms with E-state index in [9.17, 15) is 18.7 Å². The van der Waals surface area contributed by atoms with Crippen LogP contribution in [-0.2, 0) is 0 Å². The smallest absolute Gasteiger partial charge is 0.338 e. The molecule has 5 nitrogen and oxygen atoms in total. The lowest BCUT2D eigenvalue weighted by atomic mass is 10.1. The largest absolute Gasteiger partial charge is 0.508 e. The molecule has 1 heterocycles. The number of carbonyl (C=O) groups is 1. The molecule has 5 aromatic rings. The fraction of sp³-hybridized carbons (Fsp3) is 0. The topological polar surface area (TPSA) is 99.3 Å². The van der Waals surface area contributed by atoms with Crippen LogP contribution in [0, 0.1) is 11.6 Å². The van der Waals surface area contributed by atoms with Gasteiger partial charge in [-0.1, -0.05) is 18.2 Å². The van der Waals surface area contributed by atoms with Crippen molar-refractivity contribution in [3.05, 3.63) is 83.9 Å².